The number of anilines is 2. The number of hydrogen-bond acceptors (Lipinski definition) is 2. The summed E-state index contributed by atoms with van der Waals surface area (Å²) in [7, 11) is 0. The van der Waals surface area contributed by atoms with E-state index in [0.717, 1.165) is 54.6 Å². The number of aryl methyl sites for hydroxylation is 1. The second kappa shape index (κ2) is 12.9. The molecule has 1 aromatic heterocycles. The molecule has 0 fully saturated rings. The molecule has 0 amide bonds. The van der Waals surface area contributed by atoms with E-state index in [1.807, 2.05) is 36.5 Å². The molecule has 3 unspecified atom stereocenters. The third kappa shape index (κ3) is 5.21. The van der Waals surface area contributed by atoms with Gasteiger partial charge in [-0.05, 0) is 67.5 Å². The van der Waals surface area contributed by atoms with Gasteiger partial charge in [-0.3, -0.25) is 5.41 Å². The highest BCUT2D eigenvalue weighted by atomic mass is 15.2. The molecule has 5 aromatic rings. The van der Waals surface area contributed by atoms with Crippen LogP contribution in [0.5, 0.6) is 0 Å². The molecule has 50 heavy (non-hydrogen) atoms. The van der Waals surface area contributed by atoms with Crippen LogP contribution in [0.1, 0.15) is 59.5 Å². The smallest absolute Gasteiger partial charge is 0.161 e. The van der Waals surface area contributed by atoms with Crippen molar-refractivity contribution in [3.05, 3.63) is 168 Å². The average Bonchev–Trinajstić information content (AvgIpc) is 3.70. The zero-order chi connectivity index (χ0) is 33.4. The Hall–Kier alpha value is -5.81. The van der Waals surface area contributed by atoms with Crippen LogP contribution in [0.15, 0.2) is 150 Å². The zero-order valence-corrected chi connectivity index (χ0v) is 28.0. The van der Waals surface area contributed by atoms with Gasteiger partial charge in [-0.1, -0.05) is 121 Å². The van der Waals surface area contributed by atoms with Crippen molar-refractivity contribution in [2.75, 3.05) is 4.90 Å². The first kappa shape index (κ1) is 30.3. The fourth-order valence-corrected chi connectivity index (χ4v) is 8.21. The number of fused-ring (bicyclic) bond motifs is 6. The first-order valence-corrected chi connectivity index (χ1v) is 17.8. The van der Waals surface area contributed by atoms with Crippen LogP contribution in [-0.2, 0) is 6.42 Å². The first-order chi connectivity index (χ1) is 24.8. The molecular weight excluding hydrogens is 611 g/mol. The number of nitrogens with zero attached hydrogens (tertiary/aromatic N) is 4. The molecule has 1 N–H and O–H groups in total. The summed E-state index contributed by atoms with van der Waals surface area (Å²) in [5.41, 5.74) is 10.5. The summed E-state index contributed by atoms with van der Waals surface area (Å²) in [6, 6.07) is 34.4. The number of nitrogens with one attached hydrogen (secondary N) is 1. The van der Waals surface area contributed by atoms with Crippen LogP contribution < -0.4 is 4.90 Å². The van der Waals surface area contributed by atoms with Crippen molar-refractivity contribution in [2.24, 2.45) is 15.9 Å². The van der Waals surface area contributed by atoms with E-state index in [1.165, 1.54) is 33.4 Å². The molecule has 244 valence electrons. The van der Waals surface area contributed by atoms with Crippen molar-refractivity contribution < 1.29 is 0 Å². The Balaban J connectivity index is 1.27. The molecule has 3 atom stereocenters. The van der Waals surface area contributed by atoms with Gasteiger partial charge >= 0.3 is 0 Å². The molecule has 0 spiro atoms. The van der Waals surface area contributed by atoms with Crippen molar-refractivity contribution in [3.63, 3.8) is 0 Å². The first-order valence-electron chi connectivity index (χ1n) is 17.8. The standard InChI is InChI=1S/C45H39N5/c46-44(31-16-3-1-4-17-31)48-45(32-18-5-2-6-19-32)47-30-33-20-15-29-42(49-38-25-11-7-21-34(38)35-22-8-12-26-39(35)49)43(33)50-40-27-13-9-23-36(40)37-24-10-14-28-41(37)50/h2-3,5-7,9-16,18-21,23-31,36,40,46H,1,4,8,17,22H2/b46-44?,47-30+,48-45-. The summed E-state index contributed by atoms with van der Waals surface area (Å²) in [6.45, 7) is 0. The van der Waals surface area contributed by atoms with Gasteiger partial charge in [0, 0.05) is 45.9 Å². The van der Waals surface area contributed by atoms with Crippen LogP contribution in [-0.4, -0.2) is 28.5 Å². The summed E-state index contributed by atoms with van der Waals surface area (Å²) in [6.07, 6.45) is 25.1. The van der Waals surface area contributed by atoms with E-state index in [0.29, 0.717) is 11.7 Å². The molecule has 4 aromatic carbocycles. The number of hydrogen-bond donors (Lipinski definition) is 1. The number of aromatic nitrogens is 1. The Morgan fingerprint density at radius 3 is 2.50 bits per heavy atom. The van der Waals surface area contributed by atoms with E-state index < -0.39 is 0 Å². The van der Waals surface area contributed by atoms with E-state index >= 15 is 0 Å². The predicted octanol–water partition coefficient (Wildman–Crippen LogP) is 10.5. The lowest BCUT2D eigenvalue weighted by Crippen LogP contribution is -2.30. The molecule has 0 radical (unpaired) electrons. The summed E-state index contributed by atoms with van der Waals surface area (Å²) < 4.78 is 2.46. The highest BCUT2D eigenvalue weighted by molar-refractivity contribution is 6.11. The normalized spacial score (nSPS) is 20.8. The van der Waals surface area contributed by atoms with Crippen molar-refractivity contribution in [1.82, 2.24) is 4.57 Å². The fraction of sp³-hybridized carbons (Fsp3) is 0.178. The minimum atomic E-state index is 0.0157. The van der Waals surface area contributed by atoms with E-state index in [9.17, 15) is 0 Å². The number of allylic oxidation sites excluding steroid dienone is 4. The second-order valence-corrected chi connectivity index (χ2v) is 13.5. The Bertz CT molecular complexity index is 2300. The van der Waals surface area contributed by atoms with Gasteiger partial charge in [0.05, 0.1) is 22.9 Å². The summed E-state index contributed by atoms with van der Waals surface area (Å²) >= 11 is 0. The van der Waals surface area contributed by atoms with Crippen LogP contribution in [0.25, 0.3) is 22.7 Å². The maximum Gasteiger partial charge on any atom is 0.161 e. The van der Waals surface area contributed by atoms with Gasteiger partial charge in [-0.15, -0.1) is 0 Å². The van der Waals surface area contributed by atoms with E-state index in [-0.39, 0.29) is 17.9 Å². The monoisotopic (exact) mass is 649 g/mol. The van der Waals surface area contributed by atoms with Gasteiger partial charge in [0.1, 0.15) is 5.84 Å². The van der Waals surface area contributed by atoms with Gasteiger partial charge in [0.15, 0.2) is 5.84 Å². The van der Waals surface area contributed by atoms with Gasteiger partial charge in [0.2, 0.25) is 0 Å². The molecule has 2 heterocycles. The largest absolute Gasteiger partial charge is 0.331 e. The van der Waals surface area contributed by atoms with Gasteiger partial charge in [0.25, 0.3) is 0 Å². The van der Waals surface area contributed by atoms with Crippen LogP contribution in [0, 0.1) is 11.3 Å². The Kier molecular flexibility index (Phi) is 7.81. The lowest BCUT2D eigenvalue weighted by atomic mass is 9.91. The highest BCUT2D eigenvalue weighted by Gasteiger charge is 2.39. The Labute approximate surface area is 293 Å². The van der Waals surface area contributed by atoms with Crippen LogP contribution in [0.4, 0.5) is 11.4 Å². The summed E-state index contributed by atoms with van der Waals surface area (Å²) in [4.78, 5) is 12.6. The lowest BCUT2D eigenvalue weighted by molar-refractivity contribution is 0.650. The van der Waals surface area contributed by atoms with Crippen LogP contribution >= 0.6 is 0 Å². The number of amidine groups is 2. The SMILES string of the molecule is N=C(/N=C(\N=C\c1cccc(-n2c3c(c4ccccc42)CCC=C3)c1N1c2ccccc2C2C=CC=CC21)c1ccccc1)C1C=CCCC1. The molecule has 5 heteroatoms. The minimum Gasteiger partial charge on any atom is -0.331 e. The molecule has 0 saturated carbocycles. The molecule has 0 saturated heterocycles. The quantitative estimate of drug-likeness (QED) is 0.115. The predicted molar refractivity (Wildman–Crippen MR) is 209 cm³/mol. The maximum absolute atomic E-state index is 8.96. The lowest BCUT2D eigenvalue weighted by Gasteiger charge is -2.32. The van der Waals surface area contributed by atoms with Crippen molar-refractivity contribution in [1.29, 1.82) is 5.41 Å². The molecule has 3 aliphatic carbocycles. The van der Waals surface area contributed by atoms with Gasteiger partial charge in [-0.2, -0.15) is 0 Å². The molecule has 4 aliphatic rings. The minimum absolute atomic E-state index is 0.0157. The number of para-hydroxylation sites is 3. The summed E-state index contributed by atoms with van der Waals surface area (Å²) in [5, 5.41) is 10.3. The molecule has 5 nitrogen and oxygen atoms in total. The molecule has 0 bridgehead atoms. The van der Waals surface area contributed by atoms with Crippen molar-refractivity contribution in [2.45, 2.75) is 44.1 Å². The van der Waals surface area contributed by atoms with Crippen LogP contribution in [0.2, 0.25) is 0 Å². The van der Waals surface area contributed by atoms with Crippen LogP contribution in [0.3, 0.4) is 0 Å². The highest BCUT2D eigenvalue weighted by Crippen LogP contribution is 2.50. The van der Waals surface area contributed by atoms with Crippen molar-refractivity contribution in [3.8, 4) is 5.69 Å². The zero-order valence-electron chi connectivity index (χ0n) is 28.0. The second-order valence-electron chi connectivity index (χ2n) is 13.5. The van der Waals surface area contributed by atoms with E-state index in [2.05, 4.69) is 125 Å². The van der Waals surface area contributed by atoms with Crippen molar-refractivity contribution >= 4 is 46.2 Å². The Morgan fingerprint density at radius 2 is 1.60 bits per heavy atom. The number of benzene rings is 4. The number of rotatable bonds is 5. The number of aliphatic imine (C=N–C) groups is 2. The average molecular weight is 650 g/mol. The van der Waals surface area contributed by atoms with E-state index in [4.69, 9.17) is 15.4 Å². The topological polar surface area (TPSA) is 56.7 Å². The molecule has 1 aliphatic heterocycles. The summed E-state index contributed by atoms with van der Waals surface area (Å²) in [5.74, 6) is 1.17. The third-order valence-electron chi connectivity index (χ3n) is 10.5. The van der Waals surface area contributed by atoms with E-state index in [1.54, 1.807) is 0 Å². The Morgan fingerprint density at radius 1 is 0.780 bits per heavy atom. The molecular formula is C45H39N5. The van der Waals surface area contributed by atoms with Gasteiger partial charge < -0.3 is 9.47 Å². The fourth-order valence-electron chi connectivity index (χ4n) is 8.21. The molecule has 9 rings (SSSR count). The maximum atomic E-state index is 8.96. The third-order valence-corrected chi connectivity index (χ3v) is 10.5. The van der Waals surface area contributed by atoms with Gasteiger partial charge in [-0.25, -0.2) is 9.98 Å².